The number of hydrogen-bond acceptors (Lipinski definition) is 7. The summed E-state index contributed by atoms with van der Waals surface area (Å²) in [4.78, 5) is 28.6. The Morgan fingerprint density at radius 1 is 1.23 bits per heavy atom. The average molecular weight is 354 g/mol. The van der Waals surface area contributed by atoms with Crippen molar-refractivity contribution in [1.29, 1.82) is 0 Å². The highest BCUT2D eigenvalue weighted by atomic mass is 16.5. The second-order valence-corrected chi connectivity index (χ2v) is 5.64. The summed E-state index contributed by atoms with van der Waals surface area (Å²) in [6, 6.07) is 11.7. The molecule has 7 nitrogen and oxygen atoms in total. The number of nitrogens with one attached hydrogen (secondary N) is 1. The molecule has 2 heterocycles. The highest BCUT2D eigenvalue weighted by molar-refractivity contribution is 6.44. The normalized spacial score (nSPS) is 17.9. The van der Waals surface area contributed by atoms with E-state index in [9.17, 15) is 14.7 Å². The Balaban J connectivity index is 1.94. The molecule has 0 bridgehead atoms. The Morgan fingerprint density at radius 2 is 2.00 bits per heavy atom. The fourth-order valence-electron chi connectivity index (χ4n) is 2.64. The molecule has 2 unspecified atom stereocenters. The Kier molecular flexibility index (Phi) is 5.28. The first-order valence-corrected chi connectivity index (χ1v) is 8.00. The fraction of sp³-hybridized carbons (Fsp3) is 0.211. The summed E-state index contributed by atoms with van der Waals surface area (Å²) in [6.45, 7) is -0.465. The molecule has 0 fully saturated rings. The van der Waals surface area contributed by atoms with Crippen LogP contribution in [-0.2, 0) is 14.3 Å². The zero-order valence-corrected chi connectivity index (χ0v) is 14.1. The number of Topliss-reactive ketones (excluding diaryl/α,β-unsaturated/α-hetero) is 1. The van der Waals surface area contributed by atoms with E-state index in [1.54, 1.807) is 55.8 Å². The van der Waals surface area contributed by atoms with E-state index in [0.29, 0.717) is 17.1 Å². The minimum Gasteiger partial charge on any atom is -0.497 e. The number of anilines is 1. The van der Waals surface area contributed by atoms with Crippen LogP contribution in [0, 0.1) is 0 Å². The number of methoxy groups -OCH3 is 1. The lowest BCUT2D eigenvalue weighted by atomic mass is 9.97. The molecular formula is C19H18N2O5. The van der Waals surface area contributed by atoms with E-state index in [0.717, 1.165) is 6.08 Å². The van der Waals surface area contributed by atoms with Crippen LogP contribution in [0.4, 0.5) is 5.69 Å². The monoisotopic (exact) mass is 354 g/mol. The van der Waals surface area contributed by atoms with Gasteiger partial charge < -0.3 is 19.9 Å². The number of allylic oxidation sites excluding steroid dienone is 1. The summed E-state index contributed by atoms with van der Waals surface area (Å²) >= 11 is 0. The van der Waals surface area contributed by atoms with E-state index >= 15 is 0 Å². The Morgan fingerprint density at radius 3 is 2.62 bits per heavy atom. The first kappa shape index (κ1) is 17.6. The lowest BCUT2D eigenvalue weighted by Gasteiger charge is -2.30. The summed E-state index contributed by atoms with van der Waals surface area (Å²) in [5.74, 6) is -0.658. The quantitative estimate of drug-likeness (QED) is 0.761. The van der Waals surface area contributed by atoms with Crippen molar-refractivity contribution in [2.45, 2.75) is 12.1 Å². The van der Waals surface area contributed by atoms with Crippen LogP contribution in [0.1, 0.15) is 11.7 Å². The van der Waals surface area contributed by atoms with Crippen LogP contribution in [0.3, 0.4) is 0 Å². The molecule has 134 valence electrons. The van der Waals surface area contributed by atoms with Crippen LogP contribution < -0.4 is 10.1 Å². The van der Waals surface area contributed by atoms with Crippen molar-refractivity contribution < 1.29 is 24.2 Å². The van der Waals surface area contributed by atoms with E-state index in [1.165, 1.54) is 0 Å². The molecular weight excluding hydrogens is 336 g/mol. The van der Waals surface area contributed by atoms with E-state index < -0.39 is 30.3 Å². The van der Waals surface area contributed by atoms with Gasteiger partial charge in [-0.3, -0.25) is 14.6 Å². The number of rotatable bonds is 6. The number of aromatic nitrogens is 1. The number of hydrogen-bond donors (Lipinski definition) is 2. The number of ketones is 2. The molecule has 0 saturated carbocycles. The van der Waals surface area contributed by atoms with Gasteiger partial charge in [-0.25, -0.2) is 0 Å². The van der Waals surface area contributed by atoms with Crippen LogP contribution in [0.5, 0.6) is 5.75 Å². The fourth-order valence-corrected chi connectivity index (χ4v) is 2.64. The first-order chi connectivity index (χ1) is 12.6. The largest absolute Gasteiger partial charge is 0.497 e. The first-order valence-electron chi connectivity index (χ1n) is 8.00. The van der Waals surface area contributed by atoms with Crippen LogP contribution in [0.25, 0.3) is 0 Å². The number of aliphatic hydroxyl groups excluding tert-OH is 1. The molecule has 7 heteroatoms. The van der Waals surface area contributed by atoms with E-state index in [2.05, 4.69) is 10.3 Å². The maximum absolute atomic E-state index is 12.4. The van der Waals surface area contributed by atoms with Gasteiger partial charge in [-0.1, -0.05) is 6.07 Å². The summed E-state index contributed by atoms with van der Waals surface area (Å²) < 4.78 is 10.7. The molecule has 26 heavy (non-hydrogen) atoms. The van der Waals surface area contributed by atoms with E-state index in [4.69, 9.17) is 9.47 Å². The van der Waals surface area contributed by atoms with Crippen LogP contribution in [0.15, 0.2) is 60.5 Å². The van der Waals surface area contributed by atoms with Gasteiger partial charge in [0.25, 0.3) is 0 Å². The van der Waals surface area contributed by atoms with Gasteiger partial charge in [-0.15, -0.1) is 0 Å². The number of benzene rings is 1. The van der Waals surface area contributed by atoms with Crippen molar-refractivity contribution in [3.63, 3.8) is 0 Å². The Labute approximate surface area is 150 Å². The molecule has 2 atom stereocenters. The zero-order chi connectivity index (χ0) is 18.5. The second kappa shape index (κ2) is 7.79. The summed E-state index contributed by atoms with van der Waals surface area (Å²) in [5.41, 5.74) is 1.24. The van der Waals surface area contributed by atoms with Gasteiger partial charge in [-0.2, -0.15) is 0 Å². The standard InChI is InChI=1S/C19H18N2O5/c1-25-13-7-5-12(6-8-13)21-17(15-4-2-3-9-20-15)19-18(24)16(23)10-14(11-22)26-19/h2-10,17,19,21-22H,11H2,1H3. The minimum absolute atomic E-state index is 0.0528. The lowest BCUT2D eigenvalue weighted by molar-refractivity contribution is -0.142. The van der Waals surface area contributed by atoms with Gasteiger partial charge >= 0.3 is 0 Å². The third kappa shape index (κ3) is 3.73. The van der Waals surface area contributed by atoms with Crippen molar-refractivity contribution in [3.05, 3.63) is 66.2 Å². The number of ether oxygens (including phenoxy) is 2. The maximum atomic E-state index is 12.4. The molecule has 0 radical (unpaired) electrons. The summed E-state index contributed by atoms with van der Waals surface area (Å²) in [6.07, 6.45) is 1.48. The predicted molar refractivity (Wildman–Crippen MR) is 93.7 cm³/mol. The number of nitrogens with zero attached hydrogens (tertiary/aromatic N) is 1. The highest BCUT2D eigenvalue weighted by Gasteiger charge is 2.39. The van der Waals surface area contributed by atoms with Crippen molar-refractivity contribution in [1.82, 2.24) is 4.98 Å². The van der Waals surface area contributed by atoms with Crippen molar-refractivity contribution in [2.24, 2.45) is 0 Å². The highest BCUT2D eigenvalue weighted by Crippen LogP contribution is 2.28. The third-order valence-corrected chi connectivity index (χ3v) is 3.95. The third-order valence-electron chi connectivity index (χ3n) is 3.95. The van der Waals surface area contributed by atoms with E-state index in [1.807, 2.05) is 0 Å². The zero-order valence-electron chi connectivity index (χ0n) is 14.1. The molecule has 0 saturated heterocycles. The SMILES string of the molecule is COc1ccc(NC(c2ccccn2)C2OC(CO)=CC(=O)C2=O)cc1. The van der Waals surface area contributed by atoms with Gasteiger partial charge in [0.2, 0.25) is 11.6 Å². The van der Waals surface area contributed by atoms with Crippen molar-refractivity contribution in [3.8, 4) is 5.75 Å². The van der Waals surface area contributed by atoms with Gasteiger partial charge in [-0.05, 0) is 36.4 Å². The topological polar surface area (TPSA) is 97.8 Å². The maximum Gasteiger partial charge on any atom is 0.245 e. The molecule has 1 aromatic heterocycles. The Hall–Kier alpha value is -3.19. The number of aliphatic hydroxyl groups is 1. The minimum atomic E-state index is -1.13. The van der Waals surface area contributed by atoms with Crippen molar-refractivity contribution >= 4 is 17.3 Å². The van der Waals surface area contributed by atoms with Crippen molar-refractivity contribution in [2.75, 3.05) is 19.0 Å². The molecule has 1 aromatic carbocycles. The number of carbonyl (C=O) groups is 2. The number of pyridine rings is 1. The van der Waals surface area contributed by atoms with Gasteiger partial charge in [0.05, 0.1) is 12.8 Å². The van der Waals surface area contributed by atoms with Gasteiger partial charge in [0.1, 0.15) is 24.2 Å². The molecule has 2 N–H and O–H groups in total. The van der Waals surface area contributed by atoms with Crippen LogP contribution >= 0.6 is 0 Å². The molecule has 0 aliphatic carbocycles. The molecule has 1 aliphatic heterocycles. The van der Waals surface area contributed by atoms with Gasteiger partial charge in [0, 0.05) is 18.0 Å². The average Bonchev–Trinajstić information content (AvgIpc) is 2.69. The summed E-state index contributed by atoms with van der Waals surface area (Å²) in [7, 11) is 1.57. The summed E-state index contributed by atoms with van der Waals surface area (Å²) in [5, 5.41) is 12.5. The smallest absolute Gasteiger partial charge is 0.245 e. The molecule has 2 aromatic rings. The van der Waals surface area contributed by atoms with Crippen LogP contribution in [0.2, 0.25) is 0 Å². The second-order valence-electron chi connectivity index (χ2n) is 5.64. The molecule has 0 spiro atoms. The van der Waals surface area contributed by atoms with Gasteiger partial charge in [0.15, 0.2) is 6.10 Å². The molecule has 3 rings (SSSR count). The molecule has 1 aliphatic rings. The molecule has 0 amide bonds. The Bertz CT molecular complexity index is 818. The lowest BCUT2D eigenvalue weighted by Crippen LogP contribution is -2.42. The van der Waals surface area contributed by atoms with Crippen LogP contribution in [-0.4, -0.2) is 41.5 Å². The number of carbonyl (C=O) groups excluding carboxylic acids is 2. The van der Waals surface area contributed by atoms with E-state index in [-0.39, 0.29) is 5.76 Å². The predicted octanol–water partition coefficient (Wildman–Crippen LogP) is 1.66.